The van der Waals surface area contributed by atoms with E-state index in [1.807, 2.05) is 13.0 Å². The summed E-state index contributed by atoms with van der Waals surface area (Å²) in [5.41, 5.74) is 2.82. The van der Waals surface area contributed by atoms with Gasteiger partial charge in [-0.3, -0.25) is 19.5 Å². The van der Waals surface area contributed by atoms with Crippen molar-refractivity contribution in [2.75, 3.05) is 23.8 Å². The third-order valence-electron chi connectivity index (χ3n) is 7.88. The number of nitrogens with zero attached hydrogens (tertiary/aromatic N) is 3. The van der Waals surface area contributed by atoms with Crippen LogP contribution in [0.5, 0.6) is 0 Å². The molecule has 0 spiro atoms. The zero-order valence-electron chi connectivity index (χ0n) is 23.0. The minimum absolute atomic E-state index is 0.204. The number of halogens is 3. The Labute approximate surface area is 246 Å². The summed E-state index contributed by atoms with van der Waals surface area (Å²) in [5.74, 6) is -2.64. The summed E-state index contributed by atoms with van der Waals surface area (Å²) in [4.78, 5) is 45.4. The first-order valence-corrected chi connectivity index (χ1v) is 14.0. The summed E-state index contributed by atoms with van der Waals surface area (Å²) >= 11 is 5.88. The summed E-state index contributed by atoms with van der Waals surface area (Å²) < 4.78 is 29.3. The summed E-state index contributed by atoms with van der Waals surface area (Å²) in [6.45, 7) is 2.03. The predicted molar refractivity (Wildman–Crippen MR) is 156 cm³/mol. The van der Waals surface area contributed by atoms with Crippen LogP contribution in [0.25, 0.3) is 16.7 Å². The van der Waals surface area contributed by atoms with Gasteiger partial charge in [0.1, 0.15) is 5.82 Å². The van der Waals surface area contributed by atoms with E-state index in [1.54, 1.807) is 35.4 Å². The Morgan fingerprint density at radius 1 is 1.14 bits per heavy atom. The molecular formula is C31H29ClF2N4O4. The number of carboxylic acid groups (broad SMARTS) is 1. The first-order chi connectivity index (χ1) is 20.0. The zero-order chi connectivity index (χ0) is 30.1. The van der Waals surface area contributed by atoms with E-state index in [-0.39, 0.29) is 40.9 Å². The van der Waals surface area contributed by atoms with Gasteiger partial charge in [0.05, 0.1) is 28.0 Å². The third-order valence-corrected chi connectivity index (χ3v) is 8.17. The molecule has 0 fully saturated rings. The minimum Gasteiger partial charge on any atom is -0.465 e. The molecule has 0 radical (unpaired) electrons. The molecule has 2 atom stereocenters. The molecule has 2 aliphatic heterocycles. The van der Waals surface area contributed by atoms with Crippen LogP contribution in [0.3, 0.4) is 0 Å². The fourth-order valence-electron chi connectivity index (χ4n) is 5.46. The second-order valence-electron chi connectivity index (χ2n) is 10.5. The summed E-state index contributed by atoms with van der Waals surface area (Å²) in [6, 6.07) is 10.4. The molecule has 2 aliphatic rings. The van der Waals surface area contributed by atoms with Gasteiger partial charge in [0.2, 0.25) is 11.8 Å². The van der Waals surface area contributed by atoms with Gasteiger partial charge >= 0.3 is 6.09 Å². The molecule has 2 N–H and O–H groups in total. The summed E-state index contributed by atoms with van der Waals surface area (Å²) in [7, 11) is 1.42. The molecule has 2 bridgehead atoms. The van der Waals surface area contributed by atoms with Crippen molar-refractivity contribution in [2.45, 2.75) is 38.6 Å². The van der Waals surface area contributed by atoms with Gasteiger partial charge in [0, 0.05) is 43.0 Å². The number of aromatic nitrogens is 1. The monoisotopic (exact) mass is 594 g/mol. The Balaban J connectivity index is 1.54. The number of hydrogen-bond acceptors (Lipinski definition) is 4. The van der Waals surface area contributed by atoms with Gasteiger partial charge in [-0.2, -0.15) is 0 Å². The second-order valence-corrected chi connectivity index (χ2v) is 11.0. The Hall–Kier alpha value is -4.31. The molecule has 11 heteroatoms. The molecule has 42 heavy (non-hydrogen) atoms. The van der Waals surface area contributed by atoms with Gasteiger partial charge in [-0.15, -0.1) is 0 Å². The van der Waals surface area contributed by atoms with E-state index in [0.717, 1.165) is 22.6 Å². The zero-order valence-corrected chi connectivity index (χ0v) is 23.8. The molecule has 3 heterocycles. The molecule has 8 nitrogen and oxygen atoms in total. The first-order valence-electron chi connectivity index (χ1n) is 13.6. The molecule has 2 aromatic carbocycles. The van der Waals surface area contributed by atoms with Crippen LogP contribution < -0.4 is 10.2 Å². The maximum absolute atomic E-state index is 14.7. The van der Waals surface area contributed by atoms with E-state index >= 15 is 0 Å². The summed E-state index contributed by atoms with van der Waals surface area (Å²) in [6.07, 6.45) is 3.64. The fourth-order valence-corrected chi connectivity index (χ4v) is 5.61. The minimum atomic E-state index is -1.14. The van der Waals surface area contributed by atoms with Crippen LogP contribution >= 0.6 is 11.6 Å². The molecule has 1 aromatic heterocycles. The average Bonchev–Trinajstić information content (AvgIpc) is 2.97. The van der Waals surface area contributed by atoms with Gasteiger partial charge < -0.3 is 15.3 Å². The van der Waals surface area contributed by atoms with Crippen molar-refractivity contribution in [1.29, 1.82) is 0 Å². The van der Waals surface area contributed by atoms with Crippen molar-refractivity contribution in [3.05, 3.63) is 82.7 Å². The van der Waals surface area contributed by atoms with Crippen molar-refractivity contribution in [3.63, 3.8) is 0 Å². The highest BCUT2D eigenvalue weighted by molar-refractivity contribution is 6.31. The van der Waals surface area contributed by atoms with E-state index in [1.165, 1.54) is 13.1 Å². The number of pyridine rings is 1. The standard InChI is InChI=1S/C31H29ClF2N4O4/c1-17-4-3-5-26(38-13-11-19(15-27(38)39)28-23(33)9-8-22(32)29(28)34)25-14-18(10-12-35-25)21-7-6-20(37(2)31(41)42)16-24(21)36-30(17)40/h6-10,12,14-17,26H,3-5,11,13H2,1-2H3,(H,36,40)(H,41,42)/t17-,26+/m1/s1. The second kappa shape index (κ2) is 11.9. The van der Waals surface area contributed by atoms with Crippen LogP contribution in [0.4, 0.5) is 25.0 Å². The van der Waals surface area contributed by atoms with Crippen molar-refractivity contribution < 1.29 is 28.3 Å². The summed E-state index contributed by atoms with van der Waals surface area (Å²) in [5, 5.41) is 12.2. The molecule has 0 saturated carbocycles. The highest BCUT2D eigenvalue weighted by Gasteiger charge is 2.31. The molecule has 5 rings (SSSR count). The molecule has 3 amide bonds. The smallest absolute Gasteiger partial charge is 0.411 e. The van der Waals surface area contributed by atoms with E-state index in [2.05, 4.69) is 10.3 Å². The quantitative estimate of drug-likeness (QED) is 0.321. The van der Waals surface area contributed by atoms with E-state index in [0.29, 0.717) is 41.9 Å². The van der Waals surface area contributed by atoms with Crippen LogP contribution in [0.2, 0.25) is 5.02 Å². The number of nitrogens with one attached hydrogen (secondary N) is 1. The van der Waals surface area contributed by atoms with Crippen LogP contribution in [0, 0.1) is 17.6 Å². The van der Waals surface area contributed by atoms with Crippen molar-refractivity contribution in [2.24, 2.45) is 5.92 Å². The van der Waals surface area contributed by atoms with Crippen LogP contribution in [0.1, 0.15) is 49.9 Å². The third kappa shape index (κ3) is 5.72. The Bertz CT molecular complexity index is 1610. The number of carbonyl (C=O) groups excluding carboxylic acids is 2. The number of hydrogen-bond donors (Lipinski definition) is 2. The number of anilines is 2. The number of carbonyl (C=O) groups is 3. The Kier molecular flexibility index (Phi) is 8.27. The lowest BCUT2D eigenvalue weighted by molar-refractivity contribution is -0.129. The van der Waals surface area contributed by atoms with Crippen molar-refractivity contribution in [3.8, 4) is 11.1 Å². The fraction of sp³-hybridized carbons (Fsp3) is 0.290. The lowest BCUT2D eigenvalue weighted by Crippen LogP contribution is -2.38. The molecule has 0 aliphatic carbocycles. The topological polar surface area (TPSA) is 103 Å². The normalized spacial score (nSPS) is 19.2. The van der Waals surface area contributed by atoms with Crippen molar-refractivity contribution in [1.82, 2.24) is 9.88 Å². The van der Waals surface area contributed by atoms with Gasteiger partial charge in [0.25, 0.3) is 0 Å². The molecule has 0 saturated heterocycles. The first kappa shape index (κ1) is 29.2. The van der Waals surface area contributed by atoms with Crippen LogP contribution in [-0.4, -0.2) is 46.5 Å². The lowest BCUT2D eigenvalue weighted by Gasteiger charge is -2.34. The largest absolute Gasteiger partial charge is 0.465 e. The lowest BCUT2D eigenvalue weighted by atomic mass is 9.92. The maximum atomic E-state index is 14.7. The molecule has 0 unspecified atom stereocenters. The molecular weight excluding hydrogens is 566 g/mol. The maximum Gasteiger partial charge on any atom is 0.411 e. The van der Waals surface area contributed by atoms with Gasteiger partial charge in [-0.05, 0) is 66.8 Å². The SMILES string of the molecule is C[C@@H]1CCC[C@H](N2CCC(c3c(F)ccc(Cl)c3F)=CC2=O)c2cc(ccn2)-c2ccc(N(C)C(=O)O)cc2NC1=O. The highest BCUT2D eigenvalue weighted by Crippen LogP contribution is 2.38. The highest BCUT2D eigenvalue weighted by atomic mass is 35.5. The number of rotatable bonds is 3. The van der Waals surface area contributed by atoms with Gasteiger partial charge in [-0.25, -0.2) is 13.6 Å². The number of benzene rings is 2. The van der Waals surface area contributed by atoms with Crippen molar-refractivity contribution >= 4 is 46.5 Å². The Morgan fingerprint density at radius 3 is 2.67 bits per heavy atom. The van der Waals surface area contributed by atoms with Crippen LogP contribution in [-0.2, 0) is 9.59 Å². The molecule has 3 aromatic rings. The molecule has 218 valence electrons. The Morgan fingerprint density at radius 2 is 1.93 bits per heavy atom. The van der Waals surface area contributed by atoms with Crippen LogP contribution in [0.15, 0.2) is 54.7 Å². The van der Waals surface area contributed by atoms with Gasteiger partial charge in [-0.1, -0.05) is 31.0 Å². The van der Waals surface area contributed by atoms with E-state index in [9.17, 15) is 28.3 Å². The predicted octanol–water partition coefficient (Wildman–Crippen LogP) is 6.91. The number of fused-ring (bicyclic) bond motifs is 4. The van der Waals surface area contributed by atoms with E-state index < -0.39 is 29.7 Å². The van der Waals surface area contributed by atoms with Gasteiger partial charge in [0.15, 0.2) is 5.82 Å². The number of amides is 3. The average molecular weight is 595 g/mol. The van der Waals surface area contributed by atoms with E-state index in [4.69, 9.17) is 11.6 Å².